The molecule has 1 fully saturated rings. The van der Waals surface area contributed by atoms with E-state index in [9.17, 15) is 9.59 Å². The summed E-state index contributed by atoms with van der Waals surface area (Å²) in [4.78, 5) is 31.6. The third-order valence-corrected chi connectivity index (χ3v) is 5.87. The predicted molar refractivity (Wildman–Crippen MR) is 126 cm³/mol. The van der Waals surface area contributed by atoms with Gasteiger partial charge in [0.05, 0.1) is 0 Å². The van der Waals surface area contributed by atoms with Gasteiger partial charge >= 0.3 is 0 Å². The molecule has 0 aliphatic carbocycles. The fourth-order valence-corrected chi connectivity index (χ4v) is 3.89. The molecule has 1 saturated heterocycles. The highest BCUT2D eigenvalue weighted by Crippen LogP contribution is 2.18. The lowest BCUT2D eigenvalue weighted by molar-refractivity contribution is 0.0664. The number of nitrogens with zero attached hydrogens (tertiary/aromatic N) is 3. The molecular weight excluding hydrogens is 388 g/mol. The molecule has 0 atom stereocenters. The van der Waals surface area contributed by atoms with Crippen molar-refractivity contribution in [2.24, 2.45) is 0 Å². The highest BCUT2D eigenvalue weighted by molar-refractivity contribution is 5.95. The summed E-state index contributed by atoms with van der Waals surface area (Å²) in [6.45, 7) is 11.1. The summed E-state index contributed by atoms with van der Waals surface area (Å²) in [6.07, 6.45) is 0. The molecule has 1 aliphatic rings. The first kappa shape index (κ1) is 22.8. The molecular formula is C25H34N4O2. The van der Waals surface area contributed by atoms with Crippen molar-refractivity contribution in [1.29, 1.82) is 0 Å². The number of amides is 2. The molecule has 31 heavy (non-hydrogen) atoms. The molecule has 0 unspecified atom stereocenters. The second-order valence-electron chi connectivity index (χ2n) is 8.40. The fraction of sp³-hybridized carbons (Fsp3) is 0.440. The van der Waals surface area contributed by atoms with Crippen molar-refractivity contribution in [3.8, 4) is 0 Å². The van der Waals surface area contributed by atoms with Gasteiger partial charge in [0.25, 0.3) is 11.8 Å². The monoisotopic (exact) mass is 422 g/mol. The van der Waals surface area contributed by atoms with Gasteiger partial charge in [0, 0.05) is 62.1 Å². The summed E-state index contributed by atoms with van der Waals surface area (Å²) < 4.78 is 0. The van der Waals surface area contributed by atoms with Crippen LogP contribution in [0.5, 0.6) is 0 Å². The second-order valence-corrected chi connectivity index (χ2v) is 8.40. The lowest BCUT2D eigenvalue weighted by atomic mass is 10.1. The average molecular weight is 423 g/mol. The Morgan fingerprint density at radius 1 is 0.935 bits per heavy atom. The first-order valence-electron chi connectivity index (χ1n) is 11.1. The predicted octanol–water partition coefficient (Wildman–Crippen LogP) is 3.24. The van der Waals surface area contributed by atoms with Gasteiger partial charge in [-0.15, -0.1) is 0 Å². The summed E-state index contributed by atoms with van der Waals surface area (Å²) in [5.74, 6) is -0.0250. The van der Waals surface area contributed by atoms with E-state index < -0.39 is 0 Å². The molecule has 1 heterocycles. The van der Waals surface area contributed by atoms with Gasteiger partial charge in [0.15, 0.2) is 0 Å². The van der Waals surface area contributed by atoms with E-state index in [1.54, 1.807) is 0 Å². The number of rotatable bonds is 7. The molecule has 2 amide bonds. The van der Waals surface area contributed by atoms with Gasteiger partial charge < -0.3 is 20.0 Å². The van der Waals surface area contributed by atoms with Gasteiger partial charge in [-0.25, -0.2) is 0 Å². The number of anilines is 1. The Morgan fingerprint density at radius 2 is 1.52 bits per heavy atom. The van der Waals surface area contributed by atoms with Crippen LogP contribution in [0.15, 0.2) is 48.5 Å². The summed E-state index contributed by atoms with van der Waals surface area (Å²) >= 11 is 0. The molecule has 1 aliphatic heterocycles. The van der Waals surface area contributed by atoms with E-state index >= 15 is 0 Å². The Morgan fingerprint density at radius 3 is 2.06 bits per heavy atom. The van der Waals surface area contributed by atoms with E-state index in [0.29, 0.717) is 23.7 Å². The van der Waals surface area contributed by atoms with Crippen LogP contribution in [0.1, 0.15) is 47.1 Å². The standard InChI is InChI=1S/C25H34N4O2/c1-5-29(19(2)3)23-12-10-21(11-13-23)24(30)26-18-20-6-8-22(9-7-20)25(31)28-16-14-27(4)15-17-28/h6-13,19H,5,14-18H2,1-4H3,(H,26,30). The smallest absolute Gasteiger partial charge is 0.253 e. The Bertz CT molecular complexity index is 869. The quantitative estimate of drug-likeness (QED) is 0.744. The largest absolute Gasteiger partial charge is 0.369 e. The van der Waals surface area contributed by atoms with Crippen molar-refractivity contribution in [3.05, 3.63) is 65.2 Å². The van der Waals surface area contributed by atoms with Gasteiger partial charge in [0.1, 0.15) is 0 Å². The molecule has 2 aromatic rings. The molecule has 166 valence electrons. The maximum Gasteiger partial charge on any atom is 0.253 e. The van der Waals surface area contributed by atoms with Crippen LogP contribution < -0.4 is 10.2 Å². The highest BCUT2D eigenvalue weighted by atomic mass is 16.2. The summed E-state index contributed by atoms with van der Waals surface area (Å²) in [5.41, 5.74) is 3.43. The van der Waals surface area contributed by atoms with E-state index in [2.05, 4.69) is 42.9 Å². The van der Waals surface area contributed by atoms with Crippen LogP contribution in [-0.4, -0.2) is 67.4 Å². The minimum atomic E-state index is -0.100. The Balaban J connectivity index is 1.54. The van der Waals surface area contributed by atoms with E-state index in [1.165, 1.54) is 0 Å². The van der Waals surface area contributed by atoms with Gasteiger partial charge in [-0.2, -0.15) is 0 Å². The number of piperazine rings is 1. The molecule has 6 heteroatoms. The molecule has 6 nitrogen and oxygen atoms in total. The van der Waals surface area contributed by atoms with Crippen molar-refractivity contribution in [2.75, 3.05) is 44.7 Å². The number of likely N-dealkylation sites (N-methyl/N-ethyl adjacent to an activating group) is 1. The molecule has 2 aromatic carbocycles. The number of benzene rings is 2. The van der Waals surface area contributed by atoms with Crippen LogP contribution in [0.3, 0.4) is 0 Å². The first-order valence-corrected chi connectivity index (χ1v) is 11.1. The molecule has 0 spiro atoms. The van der Waals surface area contributed by atoms with Gasteiger partial charge in [-0.05, 0) is 69.8 Å². The number of hydrogen-bond acceptors (Lipinski definition) is 4. The van der Waals surface area contributed by atoms with E-state index in [4.69, 9.17) is 0 Å². The zero-order chi connectivity index (χ0) is 22.4. The van der Waals surface area contributed by atoms with Gasteiger partial charge in [0.2, 0.25) is 0 Å². The SMILES string of the molecule is CCN(c1ccc(C(=O)NCc2ccc(C(=O)N3CCN(C)CC3)cc2)cc1)C(C)C. The van der Waals surface area contributed by atoms with Crippen molar-refractivity contribution in [1.82, 2.24) is 15.1 Å². The molecule has 0 bridgehead atoms. The molecule has 0 aromatic heterocycles. The van der Waals surface area contributed by atoms with Crippen molar-refractivity contribution < 1.29 is 9.59 Å². The molecule has 1 N–H and O–H groups in total. The highest BCUT2D eigenvalue weighted by Gasteiger charge is 2.20. The third kappa shape index (κ3) is 5.85. The number of carbonyl (C=O) groups excluding carboxylic acids is 2. The second kappa shape index (κ2) is 10.4. The van der Waals surface area contributed by atoms with E-state index in [1.807, 2.05) is 53.4 Å². The summed E-state index contributed by atoms with van der Waals surface area (Å²) in [6, 6.07) is 15.7. The van der Waals surface area contributed by atoms with Crippen LogP contribution >= 0.6 is 0 Å². The van der Waals surface area contributed by atoms with Crippen LogP contribution in [0.2, 0.25) is 0 Å². The number of carbonyl (C=O) groups is 2. The lowest BCUT2D eigenvalue weighted by Gasteiger charge is -2.32. The van der Waals surface area contributed by atoms with Crippen molar-refractivity contribution in [3.63, 3.8) is 0 Å². The normalized spacial score (nSPS) is 14.5. The molecule has 3 rings (SSSR count). The molecule has 0 saturated carbocycles. The zero-order valence-corrected chi connectivity index (χ0v) is 19.1. The Kier molecular flexibility index (Phi) is 7.69. The maximum atomic E-state index is 12.6. The van der Waals surface area contributed by atoms with E-state index in [0.717, 1.165) is 44.0 Å². The topological polar surface area (TPSA) is 55.9 Å². The fourth-order valence-electron chi connectivity index (χ4n) is 3.89. The summed E-state index contributed by atoms with van der Waals surface area (Å²) in [5, 5.41) is 2.96. The van der Waals surface area contributed by atoms with Crippen LogP contribution in [-0.2, 0) is 6.54 Å². The maximum absolute atomic E-state index is 12.6. The zero-order valence-electron chi connectivity index (χ0n) is 19.1. The minimum absolute atomic E-state index is 0.0753. The number of hydrogen-bond donors (Lipinski definition) is 1. The van der Waals surface area contributed by atoms with Crippen molar-refractivity contribution >= 4 is 17.5 Å². The minimum Gasteiger partial charge on any atom is -0.369 e. The Hall–Kier alpha value is -2.86. The first-order chi connectivity index (χ1) is 14.9. The molecule has 0 radical (unpaired) electrons. The van der Waals surface area contributed by atoms with Crippen LogP contribution in [0.4, 0.5) is 5.69 Å². The Labute approximate surface area is 185 Å². The average Bonchev–Trinajstić information content (AvgIpc) is 2.78. The van der Waals surface area contributed by atoms with E-state index in [-0.39, 0.29) is 11.8 Å². The van der Waals surface area contributed by atoms with Crippen LogP contribution in [0.25, 0.3) is 0 Å². The summed E-state index contributed by atoms with van der Waals surface area (Å²) in [7, 11) is 2.07. The van der Waals surface area contributed by atoms with Crippen molar-refractivity contribution in [2.45, 2.75) is 33.4 Å². The number of nitrogens with one attached hydrogen (secondary N) is 1. The third-order valence-electron chi connectivity index (χ3n) is 5.87. The lowest BCUT2D eigenvalue weighted by Crippen LogP contribution is -2.47. The van der Waals surface area contributed by atoms with Crippen LogP contribution in [0, 0.1) is 0 Å². The van der Waals surface area contributed by atoms with Gasteiger partial charge in [-0.1, -0.05) is 12.1 Å². The van der Waals surface area contributed by atoms with Gasteiger partial charge in [-0.3, -0.25) is 9.59 Å².